The van der Waals surface area contributed by atoms with E-state index in [-0.39, 0.29) is 0 Å². The topological polar surface area (TPSA) is 25.4 Å². The maximum atomic E-state index is 5.36. The number of anilines is 1. The van der Waals surface area contributed by atoms with Gasteiger partial charge in [0.15, 0.2) is 0 Å². The Balaban J connectivity index is 2.18. The zero-order chi connectivity index (χ0) is 11.4. The van der Waals surface area contributed by atoms with Crippen LogP contribution in [0.15, 0.2) is 12.1 Å². The third-order valence-electron chi connectivity index (χ3n) is 2.65. The van der Waals surface area contributed by atoms with Crippen molar-refractivity contribution in [2.45, 2.75) is 12.7 Å². The molecule has 16 heavy (non-hydrogen) atoms. The molecule has 1 aromatic rings. The van der Waals surface area contributed by atoms with Crippen molar-refractivity contribution in [1.82, 2.24) is 4.98 Å². The number of aromatic nitrogens is 1. The first-order valence-corrected chi connectivity index (χ1v) is 6.98. The van der Waals surface area contributed by atoms with E-state index in [1.165, 1.54) is 5.56 Å². The van der Waals surface area contributed by atoms with Gasteiger partial charge in [-0.05, 0) is 30.9 Å². The molecule has 1 fully saturated rings. The zero-order valence-corrected chi connectivity index (χ0v) is 10.7. The molecular formula is C12H18N2OS. The summed E-state index contributed by atoms with van der Waals surface area (Å²) in [6.45, 7) is 5.60. The summed E-state index contributed by atoms with van der Waals surface area (Å²) in [7, 11) is 0. The molecule has 1 saturated heterocycles. The Labute approximate surface area is 101 Å². The molecule has 0 unspecified atom stereocenters. The van der Waals surface area contributed by atoms with Crippen molar-refractivity contribution in [1.29, 1.82) is 0 Å². The van der Waals surface area contributed by atoms with Crippen molar-refractivity contribution in [2.75, 3.05) is 37.5 Å². The van der Waals surface area contributed by atoms with Crippen molar-refractivity contribution >= 4 is 17.6 Å². The molecule has 2 heterocycles. The van der Waals surface area contributed by atoms with Crippen LogP contribution in [0.4, 0.5) is 5.82 Å². The molecule has 0 N–H and O–H groups in total. The molecule has 4 heteroatoms. The van der Waals surface area contributed by atoms with Crippen LogP contribution in [-0.4, -0.2) is 37.5 Å². The van der Waals surface area contributed by atoms with Crippen LogP contribution in [-0.2, 0) is 10.5 Å². The quantitative estimate of drug-likeness (QED) is 0.805. The van der Waals surface area contributed by atoms with Gasteiger partial charge in [-0.3, -0.25) is 0 Å². The number of hydrogen-bond donors (Lipinski definition) is 0. The third kappa shape index (κ3) is 2.89. The highest BCUT2D eigenvalue weighted by atomic mass is 32.2. The average molecular weight is 238 g/mol. The molecule has 0 spiro atoms. The lowest BCUT2D eigenvalue weighted by molar-refractivity contribution is 0.122. The molecule has 0 aromatic carbocycles. The minimum absolute atomic E-state index is 0.813. The summed E-state index contributed by atoms with van der Waals surface area (Å²) in [5.74, 6) is 2.16. The van der Waals surface area contributed by atoms with Gasteiger partial charge in [-0.1, -0.05) is 0 Å². The summed E-state index contributed by atoms with van der Waals surface area (Å²) in [4.78, 5) is 6.91. The first kappa shape index (κ1) is 11.7. The second kappa shape index (κ2) is 5.55. The SMILES string of the molecule is CSCc1cc(C)nc(N2CCOCC2)c1. The predicted molar refractivity (Wildman–Crippen MR) is 69.2 cm³/mol. The van der Waals surface area contributed by atoms with Gasteiger partial charge in [-0.25, -0.2) is 4.98 Å². The fourth-order valence-electron chi connectivity index (χ4n) is 1.93. The molecule has 1 aromatic heterocycles. The molecule has 0 bridgehead atoms. The van der Waals surface area contributed by atoms with Crippen molar-refractivity contribution in [3.05, 3.63) is 23.4 Å². The van der Waals surface area contributed by atoms with E-state index < -0.39 is 0 Å². The van der Waals surface area contributed by atoms with Gasteiger partial charge in [0.1, 0.15) is 5.82 Å². The van der Waals surface area contributed by atoms with Crippen LogP contribution >= 0.6 is 11.8 Å². The number of hydrogen-bond acceptors (Lipinski definition) is 4. The molecule has 88 valence electrons. The van der Waals surface area contributed by atoms with Gasteiger partial charge in [0.2, 0.25) is 0 Å². The van der Waals surface area contributed by atoms with E-state index in [9.17, 15) is 0 Å². The number of morpholine rings is 1. The first-order valence-electron chi connectivity index (χ1n) is 5.59. The molecule has 2 rings (SSSR count). The molecule has 3 nitrogen and oxygen atoms in total. The molecule has 1 aliphatic heterocycles. The number of ether oxygens (including phenoxy) is 1. The van der Waals surface area contributed by atoms with Crippen molar-refractivity contribution in [2.24, 2.45) is 0 Å². The van der Waals surface area contributed by atoms with Gasteiger partial charge in [0.05, 0.1) is 13.2 Å². The number of thioether (sulfide) groups is 1. The Morgan fingerprint density at radius 3 is 2.81 bits per heavy atom. The minimum atomic E-state index is 0.813. The highest BCUT2D eigenvalue weighted by Gasteiger charge is 2.13. The average Bonchev–Trinajstić information content (AvgIpc) is 2.30. The molecule has 0 saturated carbocycles. The fourth-order valence-corrected chi connectivity index (χ4v) is 2.43. The second-order valence-corrected chi connectivity index (χ2v) is 4.87. The van der Waals surface area contributed by atoms with Gasteiger partial charge in [-0.2, -0.15) is 11.8 Å². The molecule has 1 aliphatic rings. The van der Waals surface area contributed by atoms with Crippen LogP contribution in [0.5, 0.6) is 0 Å². The molecule has 0 aliphatic carbocycles. The molecule has 0 atom stereocenters. The smallest absolute Gasteiger partial charge is 0.129 e. The first-order chi connectivity index (χ1) is 7.79. The summed E-state index contributed by atoms with van der Waals surface area (Å²) in [5, 5.41) is 0. The standard InChI is InChI=1S/C12H18N2OS/c1-10-7-11(9-16-2)8-12(13-10)14-3-5-15-6-4-14/h7-8H,3-6,9H2,1-2H3. The molecular weight excluding hydrogens is 220 g/mol. The second-order valence-electron chi connectivity index (χ2n) is 4.01. The van der Waals surface area contributed by atoms with Crippen molar-refractivity contribution < 1.29 is 4.74 Å². The maximum absolute atomic E-state index is 5.36. The Hall–Kier alpha value is -0.740. The number of aryl methyl sites for hydroxylation is 1. The highest BCUT2D eigenvalue weighted by molar-refractivity contribution is 7.97. The van der Waals surface area contributed by atoms with Crippen LogP contribution in [0.25, 0.3) is 0 Å². The normalized spacial score (nSPS) is 16.5. The van der Waals surface area contributed by atoms with Gasteiger partial charge in [0, 0.05) is 24.5 Å². The van der Waals surface area contributed by atoms with E-state index in [4.69, 9.17) is 4.74 Å². The Kier molecular flexibility index (Phi) is 4.07. The van der Waals surface area contributed by atoms with E-state index >= 15 is 0 Å². The van der Waals surface area contributed by atoms with Crippen LogP contribution in [0, 0.1) is 6.92 Å². The molecule has 0 radical (unpaired) electrons. The maximum Gasteiger partial charge on any atom is 0.129 e. The number of rotatable bonds is 3. The van der Waals surface area contributed by atoms with Crippen LogP contribution < -0.4 is 4.90 Å². The Bertz CT molecular complexity index is 351. The van der Waals surface area contributed by atoms with Crippen molar-refractivity contribution in [3.63, 3.8) is 0 Å². The van der Waals surface area contributed by atoms with Crippen LogP contribution in [0.3, 0.4) is 0 Å². The Morgan fingerprint density at radius 1 is 1.38 bits per heavy atom. The van der Waals surface area contributed by atoms with Gasteiger partial charge in [-0.15, -0.1) is 0 Å². The van der Waals surface area contributed by atoms with E-state index in [0.717, 1.165) is 43.6 Å². The van der Waals surface area contributed by atoms with E-state index in [1.807, 2.05) is 11.8 Å². The fraction of sp³-hybridized carbons (Fsp3) is 0.583. The summed E-state index contributed by atoms with van der Waals surface area (Å²) in [6.07, 6.45) is 2.13. The van der Waals surface area contributed by atoms with E-state index in [0.29, 0.717) is 0 Å². The Morgan fingerprint density at radius 2 is 2.12 bits per heavy atom. The monoisotopic (exact) mass is 238 g/mol. The van der Waals surface area contributed by atoms with Crippen molar-refractivity contribution in [3.8, 4) is 0 Å². The van der Waals surface area contributed by atoms with Gasteiger partial charge in [0.25, 0.3) is 0 Å². The lowest BCUT2D eigenvalue weighted by Gasteiger charge is -2.28. The summed E-state index contributed by atoms with van der Waals surface area (Å²) < 4.78 is 5.36. The molecule has 0 amide bonds. The van der Waals surface area contributed by atoms with E-state index in [2.05, 4.69) is 35.2 Å². The lowest BCUT2D eigenvalue weighted by Crippen LogP contribution is -2.36. The minimum Gasteiger partial charge on any atom is -0.378 e. The third-order valence-corrected chi connectivity index (χ3v) is 3.27. The van der Waals surface area contributed by atoms with Gasteiger partial charge >= 0.3 is 0 Å². The predicted octanol–water partition coefficient (Wildman–Crippen LogP) is 2.09. The summed E-state index contributed by atoms with van der Waals surface area (Å²) in [6, 6.07) is 4.37. The number of nitrogens with zero attached hydrogens (tertiary/aromatic N) is 2. The largest absolute Gasteiger partial charge is 0.378 e. The highest BCUT2D eigenvalue weighted by Crippen LogP contribution is 2.18. The van der Waals surface area contributed by atoms with E-state index in [1.54, 1.807) is 0 Å². The zero-order valence-electron chi connectivity index (χ0n) is 9.90. The van der Waals surface area contributed by atoms with Gasteiger partial charge < -0.3 is 9.64 Å². The lowest BCUT2D eigenvalue weighted by atomic mass is 10.2. The van der Waals surface area contributed by atoms with Crippen LogP contribution in [0.2, 0.25) is 0 Å². The van der Waals surface area contributed by atoms with Crippen LogP contribution in [0.1, 0.15) is 11.3 Å². The summed E-state index contributed by atoms with van der Waals surface area (Å²) in [5.41, 5.74) is 2.47. The summed E-state index contributed by atoms with van der Waals surface area (Å²) >= 11 is 1.85. The number of pyridine rings is 1.